The average molecular weight is 288 g/mol. The maximum atomic E-state index is 12.3. The minimum absolute atomic E-state index is 0.0820. The number of amides is 2. The van der Waals surface area contributed by atoms with Crippen LogP contribution in [-0.4, -0.2) is 46.3 Å². The second-order valence-corrected chi connectivity index (χ2v) is 5.87. The van der Waals surface area contributed by atoms with Gasteiger partial charge in [0.1, 0.15) is 5.69 Å². The van der Waals surface area contributed by atoms with E-state index in [4.69, 9.17) is 0 Å². The molecule has 2 heterocycles. The number of hydrogen-bond acceptors (Lipinski definition) is 4. The molecular weight excluding hydrogens is 268 g/mol. The average Bonchev–Trinajstić information content (AvgIpc) is 3.37. The van der Waals surface area contributed by atoms with Crippen LogP contribution in [0.5, 0.6) is 0 Å². The predicted octanol–water partition coefficient (Wildman–Crippen LogP) is 0.855. The molecule has 1 atom stereocenters. The monoisotopic (exact) mass is 288 g/mol. The van der Waals surface area contributed by atoms with Crippen LogP contribution >= 0.6 is 0 Å². The van der Waals surface area contributed by atoms with E-state index in [-0.39, 0.29) is 17.7 Å². The molecule has 0 bridgehead atoms. The smallest absolute Gasteiger partial charge is 0.274 e. The first-order valence-electron chi connectivity index (χ1n) is 7.57. The molecule has 21 heavy (non-hydrogen) atoms. The highest BCUT2D eigenvalue weighted by Gasteiger charge is 2.30. The van der Waals surface area contributed by atoms with E-state index >= 15 is 0 Å². The zero-order valence-electron chi connectivity index (χ0n) is 12.0. The molecule has 0 radical (unpaired) electrons. The third-order valence-electron chi connectivity index (χ3n) is 4.12. The summed E-state index contributed by atoms with van der Waals surface area (Å²) in [5.74, 6) is 0.523. The lowest BCUT2D eigenvalue weighted by atomic mass is 9.97. The fourth-order valence-electron chi connectivity index (χ4n) is 2.66. The number of likely N-dealkylation sites (tertiary alicyclic amines) is 1. The van der Waals surface area contributed by atoms with Gasteiger partial charge in [-0.2, -0.15) is 0 Å². The lowest BCUT2D eigenvalue weighted by molar-refractivity contribution is -0.126. The number of nitrogens with one attached hydrogen (secondary N) is 1. The van der Waals surface area contributed by atoms with E-state index in [1.165, 1.54) is 25.2 Å². The summed E-state index contributed by atoms with van der Waals surface area (Å²) in [5, 5.41) is 3.01. The zero-order valence-corrected chi connectivity index (χ0v) is 12.0. The first-order valence-corrected chi connectivity index (χ1v) is 7.57. The molecule has 1 aliphatic carbocycles. The fourth-order valence-corrected chi connectivity index (χ4v) is 2.66. The maximum absolute atomic E-state index is 12.3. The number of carbonyl (C=O) groups is 2. The first-order chi connectivity index (χ1) is 10.2. The predicted molar refractivity (Wildman–Crippen MR) is 76.4 cm³/mol. The van der Waals surface area contributed by atoms with Crippen molar-refractivity contribution >= 4 is 11.8 Å². The van der Waals surface area contributed by atoms with E-state index in [2.05, 4.69) is 15.3 Å². The van der Waals surface area contributed by atoms with Crippen LogP contribution in [0.2, 0.25) is 0 Å². The molecular formula is C15H20N4O2. The molecule has 1 saturated carbocycles. The summed E-state index contributed by atoms with van der Waals surface area (Å²) in [6.07, 6.45) is 8.68. The van der Waals surface area contributed by atoms with Crippen molar-refractivity contribution in [2.75, 3.05) is 19.6 Å². The highest BCUT2D eigenvalue weighted by molar-refractivity contribution is 5.92. The van der Waals surface area contributed by atoms with Crippen LogP contribution in [0, 0.1) is 11.8 Å². The van der Waals surface area contributed by atoms with Gasteiger partial charge in [0.25, 0.3) is 5.91 Å². The Kier molecular flexibility index (Phi) is 4.13. The second kappa shape index (κ2) is 6.20. The summed E-state index contributed by atoms with van der Waals surface area (Å²) < 4.78 is 0. The summed E-state index contributed by atoms with van der Waals surface area (Å²) in [7, 11) is 0. The van der Waals surface area contributed by atoms with Gasteiger partial charge in [-0.3, -0.25) is 14.6 Å². The van der Waals surface area contributed by atoms with E-state index in [9.17, 15) is 9.59 Å². The lowest BCUT2D eigenvalue weighted by Gasteiger charge is -2.31. The van der Waals surface area contributed by atoms with Crippen molar-refractivity contribution in [3.63, 3.8) is 0 Å². The Morgan fingerprint density at radius 3 is 2.86 bits per heavy atom. The van der Waals surface area contributed by atoms with Gasteiger partial charge >= 0.3 is 0 Å². The number of hydrogen-bond donors (Lipinski definition) is 1. The minimum atomic E-state index is -0.136. The van der Waals surface area contributed by atoms with Crippen LogP contribution in [0.1, 0.15) is 36.2 Å². The van der Waals surface area contributed by atoms with Gasteiger partial charge in [-0.25, -0.2) is 4.98 Å². The Morgan fingerprint density at radius 2 is 2.14 bits per heavy atom. The Labute approximate surface area is 124 Å². The Morgan fingerprint density at radius 1 is 1.29 bits per heavy atom. The third-order valence-corrected chi connectivity index (χ3v) is 4.12. The number of aromatic nitrogens is 2. The van der Waals surface area contributed by atoms with E-state index < -0.39 is 0 Å². The molecule has 3 rings (SSSR count). The third kappa shape index (κ3) is 3.56. The van der Waals surface area contributed by atoms with Crippen LogP contribution in [0.25, 0.3) is 0 Å². The van der Waals surface area contributed by atoms with Gasteiger partial charge in [0, 0.05) is 32.0 Å². The molecule has 1 saturated heterocycles. The standard InChI is InChI=1S/C15H20N4O2/c20-14(18-8-11-3-4-11)12-2-1-7-19(10-12)15(21)13-9-16-5-6-17-13/h5-6,9,11-12H,1-4,7-8,10H2,(H,18,20). The van der Waals surface area contributed by atoms with Crippen LogP contribution in [0.4, 0.5) is 0 Å². The molecule has 0 spiro atoms. The number of piperidine rings is 1. The van der Waals surface area contributed by atoms with E-state index in [1.54, 1.807) is 11.1 Å². The molecule has 1 N–H and O–H groups in total. The summed E-state index contributed by atoms with van der Waals surface area (Å²) in [6.45, 7) is 1.95. The first kappa shape index (κ1) is 14.0. The van der Waals surface area contributed by atoms with Crippen LogP contribution < -0.4 is 5.32 Å². The van der Waals surface area contributed by atoms with Crippen molar-refractivity contribution in [3.8, 4) is 0 Å². The van der Waals surface area contributed by atoms with E-state index in [0.717, 1.165) is 19.4 Å². The SMILES string of the molecule is O=C(NCC1CC1)C1CCCN(C(=O)c2cnccn2)C1. The largest absolute Gasteiger partial charge is 0.356 e. The van der Waals surface area contributed by atoms with Gasteiger partial charge in [0.05, 0.1) is 12.1 Å². The normalized spacial score (nSPS) is 21.9. The molecule has 6 heteroatoms. The topological polar surface area (TPSA) is 75.2 Å². The van der Waals surface area contributed by atoms with Crippen LogP contribution in [0.3, 0.4) is 0 Å². The van der Waals surface area contributed by atoms with Gasteiger partial charge in [-0.1, -0.05) is 0 Å². The van der Waals surface area contributed by atoms with Gasteiger partial charge in [0.15, 0.2) is 0 Å². The number of carbonyl (C=O) groups excluding carboxylic acids is 2. The molecule has 0 aromatic carbocycles. The molecule has 6 nitrogen and oxygen atoms in total. The summed E-state index contributed by atoms with van der Waals surface area (Å²) in [6, 6.07) is 0. The highest BCUT2D eigenvalue weighted by Crippen LogP contribution is 2.28. The van der Waals surface area contributed by atoms with Crippen molar-refractivity contribution in [2.24, 2.45) is 11.8 Å². The number of nitrogens with zero attached hydrogens (tertiary/aromatic N) is 3. The van der Waals surface area contributed by atoms with E-state index in [0.29, 0.717) is 24.7 Å². The zero-order chi connectivity index (χ0) is 14.7. The molecule has 1 unspecified atom stereocenters. The lowest BCUT2D eigenvalue weighted by Crippen LogP contribution is -2.46. The molecule has 2 aliphatic rings. The van der Waals surface area contributed by atoms with Gasteiger partial charge in [-0.15, -0.1) is 0 Å². The second-order valence-electron chi connectivity index (χ2n) is 5.87. The quantitative estimate of drug-likeness (QED) is 0.891. The molecule has 1 aliphatic heterocycles. The van der Waals surface area contributed by atoms with E-state index in [1.807, 2.05) is 0 Å². The van der Waals surface area contributed by atoms with Crippen molar-refractivity contribution in [3.05, 3.63) is 24.3 Å². The molecule has 1 aromatic rings. The summed E-state index contributed by atoms with van der Waals surface area (Å²) >= 11 is 0. The summed E-state index contributed by atoms with van der Waals surface area (Å²) in [4.78, 5) is 34.2. The maximum Gasteiger partial charge on any atom is 0.274 e. The number of rotatable bonds is 4. The van der Waals surface area contributed by atoms with Crippen molar-refractivity contribution < 1.29 is 9.59 Å². The van der Waals surface area contributed by atoms with Gasteiger partial charge in [-0.05, 0) is 31.6 Å². The van der Waals surface area contributed by atoms with Crippen LogP contribution in [-0.2, 0) is 4.79 Å². The summed E-state index contributed by atoms with van der Waals surface area (Å²) in [5.41, 5.74) is 0.344. The molecule has 2 fully saturated rings. The molecule has 1 aromatic heterocycles. The van der Waals surface area contributed by atoms with Crippen molar-refractivity contribution in [1.29, 1.82) is 0 Å². The Bertz CT molecular complexity index is 516. The fraction of sp³-hybridized carbons (Fsp3) is 0.600. The van der Waals surface area contributed by atoms with Crippen molar-refractivity contribution in [1.82, 2.24) is 20.2 Å². The minimum Gasteiger partial charge on any atom is -0.356 e. The van der Waals surface area contributed by atoms with Gasteiger partial charge in [0.2, 0.25) is 5.91 Å². The van der Waals surface area contributed by atoms with Gasteiger partial charge < -0.3 is 10.2 Å². The molecule has 112 valence electrons. The van der Waals surface area contributed by atoms with Crippen LogP contribution in [0.15, 0.2) is 18.6 Å². The Balaban J connectivity index is 1.57. The Hall–Kier alpha value is -1.98. The highest BCUT2D eigenvalue weighted by atomic mass is 16.2. The van der Waals surface area contributed by atoms with Crippen molar-refractivity contribution in [2.45, 2.75) is 25.7 Å². The molecule has 2 amide bonds.